The van der Waals surface area contributed by atoms with Gasteiger partial charge in [0.1, 0.15) is 6.04 Å². The molecule has 0 aliphatic rings. The highest BCUT2D eigenvalue weighted by atomic mass is 16.5. The Morgan fingerprint density at radius 2 is 2.00 bits per heavy atom. The number of nitrogens with one attached hydrogen (secondary N) is 1. The molecule has 0 aliphatic carbocycles. The number of methoxy groups -OCH3 is 1. The number of hydrogen-bond donors (Lipinski definition) is 1. The highest BCUT2D eigenvalue weighted by molar-refractivity contribution is 5.75. The second-order valence-corrected chi connectivity index (χ2v) is 3.91. The van der Waals surface area contributed by atoms with E-state index in [1.165, 1.54) is 12.7 Å². The lowest BCUT2D eigenvalue weighted by molar-refractivity contribution is -0.143. The van der Waals surface area contributed by atoms with Gasteiger partial charge in [0.05, 0.1) is 7.11 Å². The molecule has 1 aromatic carbocycles. The van der Waals surface area contributed by atoms with E-state index in [1.54, 1.807) is 7.05 Å². The number of ether oxygens (including phenoxy) is 1. The maximum absolute atomic E-state index is 11.4. The number of rotatable bonds is 5. The molecule has 0 aliphatic heterocycles. The predicted molar refractivity (Wildman–Crippen MR) is 64.3 cm³/mol. The average Bonchev–Trinajstić information content (AvgIpc) is 2.35. The minimum Gasteiger partial charge on any atom is -0.468 e. The summed E-state index contributed by atoms with van der Waals surface area (Å²) in [6, 6.07) is 9.94. The molecule has 88 valence electrons. The van der Waals surface area contributed by atoms with Crippen LogP contribution in [0.1, 0.15) is 24.8 Å². The molecule has 0 radical (unpaired) electrons. The largest absolute Gasteiger partial charge is 0.468 e. The van der Waals surface area contributed by atoms with E-state index < -0.39 is 0 Å². The third kappa shape index (κ3) is 3.35. The molecule has 16 heavy (non-hydrogen) atoms. The van der Waals surface area contributed by atoms with Crippen molar-refractivity contribution in [3.05, 3.63) is 35.9 Å². The summed E-state index contributed by atoms with van der Waals surface area (Å²) >= 11 is 0. The summed E-state index contributed by atoms with van der Waals surface area (Å²) in [5, 5.41) is 2.98. The van der Waals surface area contributed by atoms with E-state index in [2.05, 4.69) is 24.4 Å². The molecule has 0 bridgehead atoms. The molecule has 3 heteroatoms. The van der Waals surface area contributed by atoms with Crippen molar-refractivity contribution in [2.24, 2.45) is 0 Å². The Morgan fingerprint density at radius 3 is 2.50 bits per heavy atom. The van der Waals surface area contributed by atoms with E-state index in [9.17, 15) is 4.79 Å². The molecule has 0 spiro atoms. The van der Waals surface area contributed by atoms with Crippen molar-refractivity contribution in [2.45, 2.75) is 25.3 Å². The maximum atomic E-state index is 11.4. The van der Waals surface area contributed by atoms with Gasteiger partial charge < -0.3 is 10.1 Å². The molecule has 2 unspecified atom stereocenters. The fourth-order valence-electron chi connectivity index (χ4n) is 1.75. The molecular weight excluding hydrogens is 202 g/mol. The fourth-order valence-corrected chi connectivity index (χ4v) is 1.75. The van der Waals surface area contributed by atoms with Crippen LogP contribution in [0.25, 0.3) is 0 Å². The van der Waals surface area contributed by atoms with Crippen LogP contribution in [0.4, 0.5) is 0 Å². The molecule has 3 nitrogen and oxygen atoms in total. The standard InChI is InChI=1S/C13H19NO2/c1-10(11-7-5-4-6-8-11)9-12(14-2)13(15)16-3/h4-8,10,12,14H,9H2,1-3H3. The zero-order chi connectivity index (χ0) is 12.0. The quantitative estimate of drug-likeness (QED) is 0.772. The average molecular weight is 221 g/mol. The Morgan fingerprint density at radius 1 is 1.38 bits per heavy atom. The molecule has 0 saturated heterocycles. The van der Waals surface area contributed by atoms with Crippen LogP contribution in [0.3, 0.4) is 0 Å². The van der Waals surface area contributed by atoms with Crippen molar-refractivity contribution in [3.63, 3.8) is 0 Å². The van der Waals surface area contributed by atoms with Crippen molar-refractivity contribution in [2.75, 3.05) is 14.2 Å². The molecule has 0 heterocycles. The Balaban J connectivity index is 2.62. The van der Waals surface area contributed by atoms with E-state index in [0.717, 1.165) is 6.42 Å². The van der Waals surface area contributed by atoms with Crippen molar-refractivity contribution >= 4 is 5.97 Å². The smallest absolute Gasteiger partial charge is 0.322 e. The molecule has 1 rings (SSSR count). The van der Waals surface area contributed by atoms with Crippen LogP contribution >= 0.6 is 0 Å². The fraction of sp³-hybridized carbons (Fsp3) is 0.462. The SMILES string of the molecule is CNC(CC(C)c1ccccc1)C(=O)OC. The van der Waals surface area contributed by atoms with E-state index in [1.807, 2.05) is 18.2 Å². The van der Waals surface area contributed by atoms with Gasteiger partial charge in [0, 0.05) is 0 Å². The topological polar surface area (TPSA) is 38.3 Å². The summed E-state index contributed by atoms with van der Waals surface area (Å²) < 4.78 is 4.74. The zero-order valence-corrected chi connectivity index (χ0v) is 10.1. The summed E-state index contributed by atoms with van der Waals surface area (Å²) in [7, 11) is 3.19. The lowest BCUT2D eigenvalue weighted by Gasteiger charge is -2.18. The minimum absolute atomic E-state index is 0.203. The number of esters is 1. The Hall–Kier alpha value is -1.35. The van der Waals surface area contributed by atoms with Crippen LogP contribution in [0.2, 0.25) is 0 Å². The van der Waals surface area contributed by atoms with Gasteiger partial charge in [-0.2, -0.15) is 0 Å². The second kappa shape index (κ2) is 6.28. The third-order valence-electron chi connectivity index (χ3n) is 2.79. The van der Waals surface area contributed by atoms with Gasteiger partial charge in [-0.1, -0.05) is 37.3 Å². The first-order valence-corrected chi connectivity index (χ1v) is 5.49. The molecule has 2 atom stereocenters. The monoisotopic (exact) mass is 221 g/mol. The predicted octanol–water partition coefficient (Wildman–Crippen LogP) is 1.94. The first-order chi connectivity index (χ1) is 7.69. The summed E-state index contributed by atoms with van der Waals surface area (Å²) in [4.78, 5) is 11.4. The van der Waals surface area contributed by atoms with Crippen LogP contribution in [0.15, 0.2) is 30.3 Å². The van der Waals surface area contributed by atoms with Gasteiger partial charge in [0.15, 0.2) is 0 Å². The number of carbonyl (C=O) groups excluding carboxylic acids is 1. The number of benzene rings is 1. The van der Waals surface area contributed by atoms with Crippen LogP contribution in [-0.2, 0) is 9.53 Å². The summed E-state index contributed by atoms with van der Waals surface area (Å²) in [5.74, 6) is 0.128. The van der Waals surface area contributed by atoms with E-state index in [-0.39, 0.29) is 12.0 Å². The first-order valence-electron chi connectivity index (χ1n) is 5.49. The number of hydrogen-bond acceptors (Lipinski definition) is 3. The zero-order valence-electron chi connectivity index (χ0n) is 10.1. The van der Waals surface area contributed by atoms with Crippen LogP contribution in [-0.4, -0.2) is 26.2 Å². The number of carbonyl (C=O) groups is 1. The highest BCUT2D eigenvalue weighted by Gasteiger charge is 2.20. The minimum atomic E-state index is -0.236. The third-order valence-corrected chi connectivity index (χ3v) is 2.79. The van der Waals surface area contributed by atoms with E-state index in [0.29, 0.717) is 5.92 Å². The molecule has 0 fully saturated rings. The molecule has 0 amide bonds. The second-order valence-electron chi connectivity index (χ2n) is 3.91. The van der Waals surface area contributed by atoms with Crippen molar-refractivity contribution < 1.29 is 9.53 Å². The lowest BCUT2D eigenvalue weighted by Crippen LogP contribution is -2.36. The molecule has 0 aromatic heterocycles. The van der Waals surface area contributed by atoms with Crippen LogP contribution in [0.5, 0.6) is 0 Å². The highest BCUT2D eigenvalue weighted by Crippen LogP contribution is 2.20. The Kier molecular flexibility index (Phi) is 4.99. The van der Waals surface area contributed by atoms with Gasteiger partial charge in [-0.3, -0.25) is 4.79 Å². The molecule has 1 aromatic rings. The molecule has 1 N–H and O–H groups in total. The first kappa shape index (κ1) is 12.7. The van der Waals surface area contributed by atoms with Crippen molar-refractivity contribution in [1.29, 1.82) is 0 Å². The summed E-state index contributed by atoms with van der Waals surface area (Å²) in [5.41, 5.74) is 1.24. The maximum Gasteiger partial charge on any atom is 0.322 e. The summed E-state index contributed by atoms with van der Waals surface area (Å²) in [6.07, 6.45) is 0.743. The normalized spacial score (nSPS) is 14.2. The molecule has 0 saturated carbocycles. The Bertz CT molecular complexity index is 324. The van der Waals surface area contributed by atoms with Crippen molar-refractivity contribution in [1.82, 2.24) is 5.32 Å². The van der Waals surface area contributed by atoms with Crippen LogP contribution in [0, 0.1) is 0 Å². The van der Waals surface area contributed by atoms with Gasteiger partial charge in [0.2, 0.25) is 0 Å². The number of likely N-dealkylation sites (N-methyl/N-ethyl adjacent to an activating group) is 1. The van der Waals surface area contributed by atoms with E-state index in [4.69, 9.17) is 4.74 Å². The van der Waals surface area contributed by atoms with Crippen molar-refractivity contribution in [3.8, 4) is 0 Å². The van der Waals surface area contributed by atoms with Gasteiger partial charge in [0.25, 0.3) is 0 Å². The molecular formula is C13H19NO2. The Labute approximate surface area is 96.8 Å². The van der Waals surface area contributed by atoms with Gasteiger partial charge in [-0.25, -0.2) is 0 Å². The van der Waals surface area contributed by atoms with E-state index >= 15 is 0 Å². The lowest BCUT2D eigenvalue weighted by atomic mass is 9.94. The van der Waals surface area contributed by atoms with Gasteiger partial charge >= 0.3 is 5.97 Å². The van der Waals surface area contributed by atoms with Gasteiger partial charge in [-0.15, -0.1) is 0 Å². The van der Waals surface area contributed by atoms with Gasteiger partial charge in [-0.05, 0) is 24.9 Å². The van der Waals surface area contributed by atoms with Crippen LogP contribution < -0.4 is 5.32 Å². The summed E-state index contributed by atoms with van der Waals surface area (Å²) in [6.45, 7) is 2.11.